The van der Waals surface area contributed by atoms with Crippen LogP contribution in [0.1, 0.15) is 16.1 Å². The van der Waals surface area contributed by atoms with Gasteiger partial charge in [-0.1, -0.05) is 11.6 Å². The lowest BCUT2D eigenvalue weighted by Gasteiger charge is -2.09. The van der Waals surface area contributed by atoms with Gasteiger partial charge in [-0.05, 0) is 54.6 Å². The Hall–Kier alpha value is -2.68. The normalized spacial score (nSPS) is 11.3. The van der Waals surface area contributed by atoms with Gasteiger partial charge in [-0.25, -0.2) is 17.5 Å². The predicted octanol–water partition coefficient (Wildman–Crippen LogP) is 3.80. The Bertz CT molecular complexity index is 1050. The summed E-state index contributed by atoms with van der Waals surface area (Å²) in [4.78, 5) is 12.1. The van der Waals surface area contributed by atoms with E-state index in [9.17, 15) is 17.6 Å². The summed E-state index contributed by atoms with van der Waals surface area (Å²) in [6, 6.07) is 12.4. The van der Waals surface area contributed by atoms with Gasteiger partial charge >= 0.3 is 0 Å². The number of nitrogens with one attached hydrogen (secondary N) is 2. The number of benzene rings is 2. The zero-order chi connectivity index (χ0) is 19.4. The molecule has 0 atom stereocenters. The number of sulfonamides is 1. The van der Waals surface area contributed by atoms with Crippen LogP contribution < -0.4 is 10.0 Å². The zero-order valence-electron chi connectivity index (χ0n) is 13.8. The first-order valence-corrected chi connectivity index (χ1v) is 9.60. The molecule has 0 aliphatic rings. The van der Waals surface area contributed by atoms with E-state index >= 15 is 0 Å². The third-order valence-corrected chi connectivity index (χ3v) is 5.26. The van der Waals surface area contributed by atoms with Gasteiger partial charge in [0.2, 0.25) is 10.0 Å². The Kier molecular flexibility index (Phi) is 5.59. The molecule has 0 aliphatic heterocycles. The average molecular weight is 409 g/mol. The summed E-state index contributed by atoms with van der Waals surface area (Å²) in [6.07, 6.45) is 1.42. The summed E-state index contributed by atoms with van der Waals surface area (Å²) >= 11 is 5.78. The van der Waals surface area contributed by atoms with Crippen LogP contribution in [0.15, 0.2) is 70.2 Å². The van der Waals surface area contributed by atoms with Crippen LogP contribution in [0, 0.1) is 5.82 Å². The highest BCUT2D eigenvalue weighted by molar-refractivity contribution is 7.89. The topological polar surface area (TPSA) is 88.4 Å². The lowest BCUT2D eigenvalue weighted by Crippen LogP contribution is -2.24. The Balaban J connectivity index is 1.80. The van der Waals surface area contributed by atoms with Gasteiger partial charge in [-0.2, -0.15) is 0 Å². The molecule has 0 bridgehead atoms. The van der Waals surface area contributed by atoms with Gasteiger partial charge in [0.15, 0.2) is 0 Å². The third-order valence-electron chi connectivity index (χ3n) is 3.61. The molecule has 2 N–H and O–H groups in total. The molecule has 3 rings (SSSR count). The number of halogens is 2. The molecule has 0 unspecified atom stereocenters. The lowest BCUT2D eigenvalue weighted by atomic mass is 10.2. The predicted molar refractivity (Wildman–Crippen MR) is 98.5 cm³/mol. The number of carbonyl (C=O) groups is 1. The fourth-order valence-corrected chi connectivity index (χ4v) is 3.38. The first-order valence-electron chi connectivity index (χ1n) is 7.74. The summed E-state index contributed by atoms with van der Waals surface area (Å²) in [5.41, 5.74) is -0.00109. The van der Waals surface area contributed by atoms with Crippen molar-refractivity contribution in [2.45, 2.75) is 11.4 Å². The quantitative estimate of drug-likeness (QED) is 0.649. The van der Waals surface area contributed by atoms with Crippen LogP contribution in [-0.2, 0) is 16.6 Å². The number of hydrogen-bond donors (Lipinski definition) is 2. The van der Waals surface area contributed by atoms with E-state index in [-0.39, 0.29) is 11.4 Å². The molecule has 2 aromatic carbocycles. The van der Waals surface area contributed by atoms with E-state index in [0.717, 1.165) is 18.2 Å². The minimum atomic E-state index is -3.96. The standard InChI is InChI=1S/C18H14ClFN2O4S/c19-12-3-5-13(6-4-12)22-18(23)16-10-15(7-8-17(16)20)27(24,25)21-11-14-2-1-9-26-14/h1-10,21H,11H2,(H,22,23). The number of furan rings is 1. The first-order chi connectivity index (χ1) is 12.8. The van der Waals surface area contributed by atoms with E-state index in [0.29, 0.717) is 16.5 Å². The van der Waals surface area contributed by atoms with Crippen molar-refractivity contribution in [3.05, 3.63) is 83.0 Å². The van der Waals surface area contributed by atoms with E-state index in [4.69, 9.17) is 16.0 Å². The van der Waals surface area contributed by atoms with E-state index in [1.807, 2.05) is 0 Å². The van der Waals surface area contributed by atoms with Gasteiger partial charge in [0.25, 0.3) is 5.91 Å². The van der Waals surface area contributed by atoms with E-state index in [1.54, 1.807) is 36.4 Å². The van der Waals surface area contributed by atoms with Crippen LogP contribution in [0.2, 0.25) is 5.02 Å². The maximum Gasteiger partial charge on any atom is 0.258 e. The maximum atomic E-state index is 14.1. The third kappa shape index (κ3) is 4.73. The maximum absolute atomic E-state index is 14.1. The number of hydrogen-bond acceptors (Lipinski definition) is 4. The zero-order valence-corrected chi connectivity index (χ0v) is 15.4. The lowest BCUT2D eigenvalue weighted by molar-refractivity contribution is 0.102. The molecular formula is C18H14ClFN2O4S. The van der Waals surface area contributed by atoms with Gasteiger partial charge in [0.05, 0.1) is 23.3 Å². The molecule has 1 heterocycles. The van der Waals surface area contributed by atoms with Crippen molar-refractivity contribution in [3.8, 4) is 0 Å². The van der Waals surface area contributed by atoms with Gasteiger partial charge < -0.3 is 9.73 Å². The van der Waals surface area contributed by atoms with Crippen molar-refractivity contribution in [2.24, 2.45) is 0 Å². The highest BCUT2D eigenvalue weighted by Crippen LogP contribution is 2.19. The van der Waals surface area contributed by atoms with Gasteiger partial charge in [0, 0.05) is 10.7 Å². The molecule has 0 saturated heterocycles. The van der Waals surface area contributed by atoms with E-state index in [1.165, 1.54) is 6.26 Å². The molecule has 1 aromatic heterocycles. The van der Waals surface area contributed by atoms with Crippen molar-refractivity contribution >= 4 is 33.2 Å². The molecule has 0 radical (unpaired) electrons. The molecule has 0 fully saturated rings. The van der Waals surface area contributed by atoms with Crippen molar-refractivity contribution < 1.29 is 22.0 Å². The second-order valence-electron chi connectivity index (χ2n) is 5.51. The van der Waals surface area contributed by atoms with Crippen LogP contribution >= 0.6 is 11.6 Å². The fraction of sp³-hybridized carbons (Fsp3) is 0.0556. The van der Waals surface area contributed by atoms with Crippen molar-refractivity contribution in [1.82, 2.24) is 4.72 Å². The van der Waals surface area contributed by atoms with Crippen LogP contribution in [0.25, 0.3) is 0 Å². The molecule has 3 aromatic rings. The molecule has 0 saturated carbocycles. The smallest absolute Gasteiger partial charge is 0.258 e. The monoisotopic (exact) mass is 408 g/mol. The molecule has 9 heteroatoms. The number of rotatable bonds is 6. The number of carbonyl (C=O) groups excluding carboxylic acids is 1. The number of amides is 1. The molecule has 0 spiro atoms. The van der Waals surface area contributed by atoms with E-state index in [2.05, 4.69) is 10.0 Å². The Morgan fingerprint density at radius 1 is 1.11 bits per heavy atom. The minimum Gasteiger partial charge on any atom is -0.468 e. The molecular weight excluding hydrogens is 395 g/mol. The van der Waals surface area contributed by atoms with E-state index < -0.39 is 27.3 Å². The number of anilines is 1. The molecule has 140 valence electrons. The second-order valence-corrected chi connectivity index (χ2v) is 7.71. The first kappa shape index (κ1) is 19.1. The largest absolute Gasteiger partial charge is 0.468 e. The van der Waals surface area contributed by atoms with Gasteiger partial charge in [-0.15, -0.1) is 0 Å². The molecule has 6 nitrogen and oxygen atoms in total. The van der Waals surface area contributed by atoms with Crippen LogP contribution in [-0.4, -0.2) is 14.3 Å². The van der Waals surface area contributed by atoms with Crippen LogP contribution in [0.4, 0.5) is 10.1 Å². The second kappa shape index (κ2) is 7.91. The van der Waals surface area contributed by atoms with Crippen LogP contribution in [0.5, 0.6) is 0 Å². The van der Waals surface area contributed by atoms with Crippen molar-refractivity contribution in [2.75, 3.05) is 5.32 Å². The Morgan fingerprint density at radius 3 is 2.52 bits per heavy atom. The fourth-order valence-electron chi connectivity index (χ4n) is 2.24. The Labute approximate surface area is 160 Å². The summed E-state index contributed by atoms with van der Waals surface area (Å²) in [6.45, 7) is -0.0704. The summed E-state index contributed by atoms with van der Waals surface area (Å²) < 4.78 is 46.2. The van der Waals surface area contributed by atoms with Crippen molar-refractivity contribution in [1.29, 1.82) is 0 Å². The SMILES string of the molecule is O=C(Nc1ccc(Cl)cc1)c1cc(S(=O)(=O)NCc2ccco2)ccc1F. The molecule has 1 amide bonds. The Morgan fingerprint density at radius 2 is 1.85 bits per heavy atom. The highest BCUT2D eigenvalue weighted by atomic mass is 35.5. The van der Waals surface area contributed by atoms with Crippen LogP contribution in [0.3, 0.4) is 0 Å². The van der Waals surface area contributed by atoms with Gasteiger partial charge in [0.1, 0.15) is 11.6 Å². The summed E-state index contributed by atoms with van der Waals surface area (Å²) in [7, 11) is -3.96. The van der Waals surface area contributed by atoms with Gasteiger partial charge in [-0.3, -0.25) is 4.79 Å². The summed E-state index contributed by atoms with van der Waals surface area (Å²) in [5, 5.41) is 2.97. The molecule has 27 heavy (non-hydrogen) atoms. The highest BCUT2D eigenvalue weighted by Gasteiger charge is 2.20. The molecule has 0 aliphatic carbocycles. The van der Waals surface area contributed by atoms with Crippen molar-refractivity contribution in [3.63, 3.8) is 0 Å². The summed E-state index contributed by atoms with van der Waals surface area (Å²) in [5.74, 6) is -1.20. The minimum absolute atomic E-state index is 0.0704. The average Bonchev–Trinajstić information content (AvgIpc) is 3.16.